The minimum absolute atomic E-state index is 0.116. The number of fused-ring (bicyclic) bond motifs is 2. The van der Waals surface area contributed by atoms with E-state index in [9.17, 15) is 13.2 Å². The first-order chi connectivity index (χ1) is 16.4. The van der Waals surface area contributed by atoms with Gasteiger partial charge in [-0.05, 0) is 64.4 Å². The molecule has 5 rings (SSSR count). The number of carbonyl (C=O) groups is 1. The lowest BCUT2D eigenvalue weighted by Gasteiger charge is -2.08. The molecule has 0 bridgehead atoms. The van der Waals surface area contributed by atoms with E-state index in [1.165, 1.54) is 35.1 Å². The first-order valence-electron chi connectivity index (χ1n) is 10.7. The molecule has 1 amide bonds. The third-order valence-corrected chi connectivity index (χ3v) is 7.75. The maximum atomic E-state index is 13.0. The van der Waals surface area contributed by atoms with E-state index in [-0.39, 0.29) is 16.2 Å². The van der Waals surface area contributed by atoms with Crippen molar-refractivity contribution in [2.24, 2.45) is 7.05 Å². The monoisotopic (exact) mass is 470 g/mol. The van der Waals surface area contributed by atoms with Gasteiger partial charge in [0.05, 0.1) is 10.6 Å². The lowest BCUT2D eigenvalue weighted by molar-refractivity contribution is 0.0706. The Kier molecular flexibility index (Phi) is 5.43. The van der Waals surface area contributed by atoms with Gasteiger partial charge in [-0.25, -0.2) is 13.9 Å². The van der Waals surface area contributed by atoms with Crippen LogP contribution in [0.15, 0.2) is 96.0 Å². The lowest BCUT2D eigenvalue weighted by atomic mass is 10.00. The summed E-state index contributed by atoms with van der Waals surface area (Å²) in [7, 11) is -1.65. The quantitative estimate of drug-likeness (QED) is 0.277. The molecule has 7 heteroatoms. The van der Waals surface area contributed by atoms with Crippen molar-refractivity contribution < 1.29 is 18.4 Å². The lowest BCUT2D eigenvalue weighted by Crippen LogP contribution is -2.18. The van der Waals surface area contributed by atoms with Crippen LogP contribution >= 0.6 is 0 Å². The van der Waals surface area contributed by atoms with Crippen LogP contribution in [-0.2, 0) is 22.6 Å². The molecule has 0 aliphatic carbocycles. The van der Waals surface area contributed by atoms with Crippen molar-refractivity contribution >= 4 is 37.4 Å². The first-order valence-corrected chi connectivity index (χ1v) is 12.4. The molecule has 170 valence electrons. The maximum absolute atomic E-state index is 13.0. The molecular weight excluding hydrogens is 448 g/mol. The highest BCUT2D eigenvalue weighted by molar-refractivity contribution is 7.90. The molecular formula is C27H22N2O4S. The zero-order valence-corrected chi connectivity index (χ0v) is 19.2. The van der Waals surface area contributed by atoms with Crippen molar-refractivity contribution in [3.63, 3.8) is 0 Å². The largest absolute Gasteiger partial charge is 0.350 e. The summed E-state index contributed by atoms with van der Waals surface area (Å²) in [6.07, 6.45) is 2.07. The van der Waals surface area contributed by atoms with E-state index in [0.717, 1.165) is 27.4 Å². The molecule has 0 atom stereocenters. The van der Waals surface area contributed by atoms with Gasteiger partial charge in [0.1, 0.15) is 0 Å². The zero-order valence-electron chi connectivity index (χ0n) is 18.4. The molecule has 0 saturated carbocycles. The third kappa shape index (κ3) is 3.96. The summed E-state index contributed by atoms with van der Waals surface area (Å²) >= 11 is 0. The van der Waals surface area contributed by atoms with Crippen molar-refractivity contribution in [3.8, 4) is 11.1 Å². The van der Waals surface area contributed by atoms with Gasteiger partial charge < -0.3 is 4.57 Å². The van der Waals surface area contributed by atoms with Crippen LogP contribution in [0.1, 0.15) is 15.9 Å². The molecule has 0 spiro atoms. The van der Waals surface area contributed by atoms with E-state index >= 15 is 0 Å². The highest BCUT2D eigenvalue weighted by Gasteiger charge is 2.18. The van der Waals surface area contributed by atoms with E-state index in [4.69, 9.17) is 5.21 Å². The Bertz CT molecular complexity index is 1650. The van der Waals surface area contributed by atoms with Crippen LogP contribution in [0.25, 0.3) is 32.8 Å². The molecule has 0 fully saturated rings. The number of nitrogens with zero attached hydrogens (tertiary/aromatic N) is 1. The van der Waals surface area contributed by atoms with E-state index < -0.39 is 15.7 Å². The number of benzene rings is 4. The average molecular weight is 471 g/mol. The molecule has 1 heterocycles. The van der Waals surface area contributed by atoms with Gasteiger partial charge in [-0.15, -0.1) is 0 Å². The Hall–Kier alpha value is -3.94. The summed E-state index contributed by atoms with van der Waals surface area (Å²) in [6.45, 7) is 0. The van der Waals surface area contributed by atoms with Crippen LogP contribution in [0, 0.1) is 0 Å². The number of hydrogen-bond donors (Lipinski definition) is 2. The Morgan fingerprint density at radius 3 is 2.38 bits per heavy atom. The highest BCUT2D eigenvalue weighted by Crippen LogP contribution is 2.33. The Balaban J connectivity index is 1.52. The second-order valence-corrected chi connectivity index (χ2v) is 10.3. The number of amides is 1. The molecule has 5 aromatic rings. The summed E-state index contributed by atoms with van der Waals surface area (Å²) in [5.74, 6) is -0.861. The van der Waals surface area contributed by atoms with Crippen molar-refractivity contribution in [3.05, 3.63) is 102 Å². The minimum Gasteiger partial charge on any atom is -0.350 e. The predicted molar refractivity (Wildman–Crippen MR) is 132 cm³/mol. The average Bonchev–Trinajstić information content (AvgIpc) is 3.18. The fraction of sp³-hybridized carbons (Fsp3) is 0.0741. The van der Waals surface area contributed by atoms with Crippen molar-refractivity contribution in [2.75, 3.05) is 0 Å². The van der Waals surface area contributed by atoms with Gasteiger partial charge >= 0.3 is 0 Å². The summed E-state index contributed by atoms with van der Waals surface area (Å²) in [5.41, 5.74) is 5.52. The van der Waals surface area contributed by atoms with Gasteiger partial charge in [0.25, 0.3) is 5.91 Å². The normalized spacial score (nSPS) is 11.7. The molecule has 0 saturated heterocycles. The highest BCUT2D eigenvalue weighted by atomic mass is 32.2. The molecule has 6 nitrogen and oxygen atoms in total. The third-order valence-electron chi connectivity index (χ3n) is 6.05. The fourth-order valence-electron chi connectivity index (χ4n) is 4.30. The van der Waals surface area contributed by atoms with E-state index in [1.54, 1.807) is 0 Å². The van der Waals surface area contributed by atoms with Crippen LogP contribution in [0.2, 0.25) is 0 Å². The van der Waals surface area contributed by atoms with Crippen LogP contribution in [0.3, 0.4) is 0 Å². The number of sulfone groups is 1. The first kappa shape index (κ1) is 21.9. The number of carbonyl (C=O) groups excluding carboxylic acids is 1. The molecule has 0 radical (unpaired) electrons. The van der Waals surface area contributed by atoms with Gasteiger partial charge in [-0.2, -0.15) is 0 Å². The van der Waals surface area contributed by atoms with E-state index in [2.05, 4.69) is 36.5 Å². The second-order valence-electron chi connectivity index (χ2n) is 8.29. The number of rotatable bonds is 5. The Morgan fingerprint density at radius 2 is 1.65 bits per heavy atom. The van der Waals surface area contributed by atoms with Crippen LogP contribution in [-0.4, -0.2) is 24.1 Å². The SMILES string of the molecule is Cn1cc(-c2ccc3ccccc3c2)c2cc(CS(=O)(=O)c3ccc(C(=O)NO)cc3)ccc21. The smallest absolute Gasteiger partial charge is 0.274 e. The van der Waals surface area contributed by atoms with Gasteiger partial charge in [0, 0.05) is 35.3 Å². The van der Waals surface area contributed by atoms with Gasteiger partial charge in [0.2, 0.25) is 0 Å². The van der Waals surface area contributed by atoms with Crippen LogP contribution in [0.5, 0.6) is 0 Å². The fourth-order valence-corrected chi connectivity index (χ4v) is 5.63. The molecule has 4 aromatic carbocycles. The van der Waals surface area contributed by atoms with E-state index in [1.807, 2.05) is 41.9 Å². The number of aryl methyl sites for hydroxylation is 1. The minimum atomic E-state index is -3.63. The molecule has 0 aliphatic rings. The van der Waals surface area contributed by atoms with Crippen LogP contribution < -0.4 is 5.48 Å². The summed E-state index contributed by atoms with van der Waals surface area (Å²) in [6, 6.07) is 25.7. The topological polar surface area (TPSA) is 88.4 Å². The van der Waals surface area contributed by atoms with Gasteiger partial charge in [-0.1, -0.05) is 42.5 Å². The number of aromatic nitrogens is 1. The van der Waals surface area contributed by atoms with E-state index in [0.29, 0.717) is 5.56 Å². The summed E-state index contributed by atoms with van der Waals surface area (Å²) in [4.78, 5) is 11.6. The molecule has 0 aliphatic heterocycles. The molecule has 0 unspecified atom stereocenters. The number of hydrogen-bond acceptors (Lipinski definition) is 4. The van der Waals surface area contributed by atoms with Gasteiger partial charge in [0.15, 0.2) is 9.84 Å². The molecule has 1 aromatic heterocycles. The second kappa shape index (κ2) is 8.44. The summed E-state index contributed by atoms with van der Waals surface area (Å²) < 4.78 is 28.1. The van der Waals surface area contributed by atoms with Crippen molar-refractivity contribution in [1.82, 2.24) is 10.0 Å². The zero-order chi connectivity index (χ0) is 23.9. The van der Waals surface area contributed by atoms with Crippen molar-refractivity contribution in [2.45, 2.75) is 10.6 Å². The predicted octanol–water partition coefficient (Wildman–Crippen LogP) is 5.09. The van der Waals surface area contributed by atoms with Gasteiger partial charge in [-0.3, -0.25) is 10.0 Å². The van der Waals surface area contributed by atoms with Crippen LogP contribution in [0.4, 0.5) is 0 Å². The Morgan fingerprint density at radius 1 is 0.912 bits per heavy atom. The molecule has 2 N–H and O–H groups in total. The maximum Gasteiger partial charge on any atom is 0.274 e. The Labute approximate surface area is 197 Å². The summed E-state index contributed by atoms with van der Waals surface area (Å²) in [5, 5.41) is 12.0. The standard InChI is InChI=1S/C27H22N2O4S/c1-29-16-25(22-8-7-19-4-2-3-5-21(19)15-22)24-14-18(6-13-26(24)29)17-34(32,33)23-11-9-20(10-12-23)27(30)28-31/h2-16,31H,17H2,1H3,(H,28,30). The van der Waals surface area contributed by atoms with Crippen molar-refractivity contribution in [1.29, 1.82) is 0 Å². The number of nitrogens with one attached hydrogen (secondary N) is 1. The molecule has 34 heavy (non-hydrogen) atoms. The number of hydroxylamine groups is 1.